The zero-order valence-electron chi connectivity index (χ0n) is 11.5. The Hall–Kier alpha value is -1.37. The van der Waals surface area contributed by atoms with Gasteiger partial charge in [-0.3, -0.25) is 0 Å². The molecule has 112 valence electrons. The third-order valence-corrected chi connectivity index (χ3v) is 5.22. The second-order valence-corrected chi connectivity index (χ2v) is 7.71. The number of thioether (sulfide) groups is 1. The maximum atomic E-state index is 13.1. The third-order valence-electron chi connectivity index (χ3n) is 3.03. The summed E-state index contributed by atoms with van der Waals surface area (Å²) in [5.41, 5.74) is 7.38. The fourth-order valence-electron chi connectivity index (χ4n) is 1.87. The number of hydrogen-bond donors (Lipinski definition) is 1. The Kier molecular flexibility index (Phi) is 5.03. The minimum atomic E-state index is -3.17. The van der Waals surface area contributed by atoms with Crippen molar-refractivity contribution in [3.8, 4) is 0 Å². The molecule has 2 rings (SSSR count). The number of sulfone groups is 1. The maximum Gasteiger partial charge on any atom is 0.175 e. The quantitative estimate of drug-likeness (QED) is 0.859. The normalized spacial score (nSPS) is 11.6. The number of hydrogen-bond acceptors (Lipinski definition) is 4. The molecule has 0 atom stereocenters. The van der Waals surface area contributed by atoms with E-state index in [2.05, 4.69) is 0 Å². The lowest BCUT2D eigenvalue weighted by Crippen LogP contribution is -2.01. The van der Waals surface area contributed by atoms with Crippen molar-refractivity contribution in [3.63, 3.8) is 0 Å². The van der Waals surface area contributed by atoms with Crippen LogP contribution in [0, 0.1) is 5.82 Å². The molecule has 0 heterocycles. The molecular weight excluding hydrogens is 309 g/mol. The summed E-state index contributed by atoms with van der Waals surface area (Å²) in [4.78, 5) is 1.26. The monoisotopic (exact) mass is 325 g/mol. The van der Waals surface area contributed by atoms with E-state index < -0.39 is 9.84 Å². The highest BCUT2D eigenvalue weighted by Crippen LogP contribution is 2.26. The van der Waals surface area contributed by atoms with E-state index in [1.54, 1.807) is 42.1 Å². The molecule has 0 aliphatic rings. The van der Waals surface area contributed by atoms with E-state index in [1.807, 2.05) is 0 Å². The van der Waals surface area contributed by atoms with Gasteiger partial charge in [-0.2, -0.15) is 0 Å². The van der Waals surface area contributed by atoms with Crippen LogP contribution in [0.25, 0.3) is 0 Å². The molecule has 0 aromatic heterocycles. The largest absolute Gasteiger partial charge is 0.326 e. The van der Waals surface area contributed by atoms with Crippen LogP contribution >= 0.6 is 11.8 Å². The lowest BCUT2D eigenvalue weighted by atomic mass is 10.1. The van der Waals surface area contributed by atoms with Crippen molar-refractivity contribution >= 4 is 21.6 Å². The molecule has 0 fully saturated rings. The van der Waals surface area contributed by atoms with Crippen molar-refractivity contribution in [1.82, 2.24) is 0 Å². The van der Waals surface area contributed by atoms with Gasteiger partial charge in [0.25, 0.3) is 0 Å². The highest BCUT2D eigenvalue weighted by molar-refractivity contribution is 7.98. The summed E-state index contributed by atoms with van der Waals surface area (Å²) in [5, 5.41) is 0. The number of benzene rings is 2. The van der Waals surface area contributed by atoms with Gasteiger partial charge in [-0.1, -0.05) is 6.07 Å². The lowest BCUT2D eigenvalue weighted by Gasteiger charge is -2.08. The molecule has 0 aliphatic carbocycles. The maximum absolute atomic E-state index is 13.1. The van der Waals surface area contributed by atoms with Gasteiger partial charge in [0.1, 0.15) is 5.82 Å². The molecule has 2 aromatic carbocycles. The van der Waals surface area contributed by atoms with Gasteiger partial charge in [-0.15, -0.1) is 11.8 Å². The Balaban J connectivity index is 2.10. The first kappa shape index (κ1) is 16.0. The Labute approximate surface area is 128 Å². The summed E-state index contributed by atoms with van der Waals surface area (Å²) in [5.74, 6) is 0.368. The summed E-state index contributed by atoms with van der Waals surface area (Å²) in [6, 6.07) is 11.3. The lowest BCUT2D eigenvalue weighted by molar-refractivity contribution is 0.602. The van der Waals surface area contributed by atoms with Crippen LogP contribution in [-0.2, 0) is 22.1 Å². The Bertz CT molecular complexity index is 728. The van der Waals surface area contributed by atoms with Crippen LogP contribution in [0.15, 0.2) is 52.3 Å². The van der Waals surface area contributed by atoms with Crippen LogP contribution in [0.4, 0.5) is 4.39 Å². The second kappa shape index (κ2) is 6.60. The summed E-state index contributed by atoms with van der Waals surface area (Å²) in [6.45, 7) is 0.292. The van der Waals surface area contributed by atoms with Gasteiger partial charge in [0.05, 0.1) is 4.90 Å². The third kappa shape index (κ3) is 4.30. The molecular formula is C15H16FNO2S2. The van der Waals surface area contributed by atoms with Crippen LogP contribution in [-0.4, -0.2) is 14.7 Å². The van der Waals surface area contributed by atoms with Crippen molar-refractivity contribution in [1.29, 1.82) is 0 Å². The first-order valence-electron chi connectivity index (χ1n) is 6.30. The Morgan fingerprint density at radius 3 is 2.33 bits per heavy atom. The van der Waals surface area contributed by atoms with E-state index in [9.17, 15) is 12.8 Å². The zero-order valence-corrected chi connectivity index (χ0v) is 13.2. The fourth-order valence-corrected chi connectivity index (χ4v) is 3.43. The summed E-state index contributed by atoms with van der Waals surface area (Å²) in [6.07, 6.45) is 1.18. The molecule has 0 radical (unpaired) electrons. The topological polar surface area (TPSA) is 60.2 Å². The molecule has 0 bridgehead atoms. The van der Waals surface area contributed by atoms with Gasteiger partial charge >= 0.3 is 0 Å². The van der Waals surface area contributed by atoms with Crippen molar-refractivity contribution in [2.24, 2.45) is 5.73 Å². The summed E-state index contributed by atoms with van der Waals surface area (Å²) < 4.78 is 35.9. The predicted molar refractivity (Wildman–Crippen MR) is 83.4 cm³/mol. The van der Waals surface area contributed by atoms with E-state index in [1.165, 1.54) is 18.4 Å². The average molecular weight is 325 g/mol. The SMILES string of the molecule is CS(=O)(=O)c1ccc(SCc2ccc(F)cc2CN)cc1. The molecule has 0 spiro atoms. The number of rotatable bonds is 5. The smallest absolute Gasteiger partial charge is 0.175 e. The van der Waals surface area contributed by atoms with E-state index in [0.717, 1.165) is 16.0 Å². The Morgan fingerprint density at radius 2 is 1.76 bits per heavy atom. The van der Waals surface area contributed by atoms with Crippen molar-refractivity contribution in [2.45, 2.75) is 22.1 Å². The highest BCUT2D eigenvalue weighted by Gasteiger charge is 2.07. The van der Waals surface area contributed by atoms with E-state index >= 15 is 0 Å². The predicted octanol–water partition coefficient (Wildman–Crippen LogP) is 2.98. The highest BCUT2D eigenvalue weighted by atomic mass is 32.2. The molecule has 2 aromatic rings. The van der Waals surface area contributed by atoms with Crippen LogP contribution < -0.4 is 5.73 Å². The minimum absolute atomic E-state index is 0.290. The number of halogens is 1. The molecule has 0 unspecified atom stereocenters. The standard InChI is InChI=1S/C15H16FNO2S2/c1-21(18,19)15-6-4-14(5-7-15)20-10-11-2-3-13(16)8-12(11)9-17/h2-8H,9-10,17H2,1H3. The van der Waals surface area contributed by atoms with E-state index in [0.29, 0.717) is 17.2 Å². The second-order valence-electron chi connectivity index (χ2n) is 4.65. The zero-order chi connectivity index (χ0) is 15.5. The molecule has 0 aliphatic heterocycles. The molecule has 0 saturated heterocycles. The van der Waals surface area contributed by atoms with Crippen LogP contribution in [0.2, 0.25) is 0 Å². The summed E-state index contributed by atoms with van der Waals surface area (Å²) in [7, 11) is -3.17. The van der Waals surface area contributed by atoms with Crippen molar-refractivity contribution < 1.29 is 12.8 Å². The molecule has 0 amide bonds. The van der Waals surface area contributed by atoms with Gasteiger partial charge in [-0.25, -0.2) is 12.8 Å². The van der Waals surface area contributed by atoms with Crippen LogP contribution in [0.1, 0.15) is 11.1 Å². The summed E-state index contributed by atoms with van der Waals surface area (Å²) >= 11 is 1.56. The van der Waals surface area contributed by atoms with Crippen LogP contribution in [0.5, 0.6) is 0 Å². The van der Waals surface area contributed by atoms with E-state index in [4.69, 9.17) is 5.73 Å². The fraction of sp³-hybridized carbons (Fsp3) is 0.200. The molecule has 6 heteroatoms. The van der Waals surface area contributed by atoms with Gasteiger partial charge < -0.3 is 5.73 Å². The van der Waals surface area contributed by atoms with Gasteiger partial charge in [-0.05, 0) is 47.5 Å². The minimum Gasteiger partial charge on any atom is -0.326 e. The first-order valence-corrected chi connectivity index (χ1v) is 9.18. The first-order chi connectivity index (χ1) is 9.90. The molecule has 0 saturated carbocycles. The van der Waals surface area contributed by atoms with Gasteiger partial charge in [0.15, 0.2) is 9.84 Å². The van der Waals surface area contributed by atoms with E-state index in [-0.39, 0.29) is 5.82 Å². The van der Waals surface area contributed by atoms with Crippen LogP contribution in [0.3, 0.4) is 0 Å². The van der Waals surface area contributed by atoms with Gasteiger partial charge in [0, 0.05) is 23.4 Å². The molecule has 21 heavy (non-hydrogen) atoms. The van der Waals surface area contributed by atoms with Crippen molar-refractivity contribution in [2.75, 3.05) is 6.26 Å². The number of nitrogens with two attached hydrogens (primary N) is 1. The molecule has 3 nitrogen and oxygen atoms in total. The molecule has 2 N–H and O–H groups in total. The van der Waals surface area contributed by atoms with Crippen molar-refractivity contribution in [3.05, 3.63) is 59.4 Å². The van der Waals surface area contributed by atoms with Gasteiger partial charge in [0.2, 0.25) is 0 Å². The average Bonchev–Trinajstić information content (AvgIpc) is 2.45. The Morgan fingerprint density at radius 1 is 1.10 bits per heavy atom.